The minimum absolute atomic E-state index is 0.0978. The number of nitrogens with one attached hydrogen (secondary N) is 1. The highest BCUT2D eigenvalue weighted by atomic mass is 16.5. The smallest absolute Gasteiger partial charge is 0.219 e. The minimum Gasteiger partial charge on any atom is -0.491 e. The number of hydrogen-bond donors (Lipinski definition) is 2. The first-order valence-corrected chi connectivity index (χ1v) is 8.87. The van der Waals surface area contributed by atoms with E-state index in [0.717, 1.165) is 42.8 Å². The maximum Gasteiger partial charge on any atom is 0.219 e. The van der Waals surface area contributed by atoms with E-state index in [9.17, 15) is 9.90 Å². The van der Waals surface area contributed by atoms with Gasteiger partial charge in [-0.05, 0) is 50.4 Å². The van der Waals surface area contributed by atoms with Crippen molar-refractivity contribution in [3.05, 3.63) is 29.3 Å². The van der Waals surface area contributed by atoms with Crippen molar-refractivity contribution < 1.29 is 14.6 Å². The van der Waals surface area contributed by atoms with Gasteiger partial charge in [-0.2, -0.15) is 0 Å². The quantitative estimate of drug-likeness (QED) is 0.801. The van der Waals surface area contributed by atoms with Crippen molar-refractivity contribution in [2.75, 3.05) is 26.2 Å². The van der Waals surface area contributed by atoms with Crippen molar-refractivity contribution in [3.8, 4) is 5.75 Å². The second-order valence-electron chi connectivity index (χ2n) is 6.75. The third-order valence-corrected chi connectivity index (χ3v) is 4.44. The fourth-order valence-electron chi connectivity index (χ4n) is 3.07. The molecule has 2 rings (SSSR count). The Hall–Kier alpha value is -1.59. The van der Waals surface area contributed by atoms with Crippen molar-refractivity contribution >= 4 is 5.91 Å². The second kappa shape index (κ2) is 9.04. The van der Waals surface area contributed by atoms with Gasteiger partial charge in [0.1, 0.15) is 18.5 Å². The zero-order chi connectivity index (χ0) is 17.5. The standard InChI is InChI=1S/C19H30N2O3/c1-4-19(23)20-16-6-5-9-21(11-16)12-17(22)13-24-18-10-14(2)7-8-15(18)3/h7-8,10,16-17,22H,4-6,9,11-13H2,1-3H3,(H,20,23). The molecule has 2 atom stereocenters. The molecule has 1 amide bonds. The van der Waals surface area contributed by atoms with Crippen molar-refractivity contribution in [2.24, 2.45) is 0 Å². The van der Waals surface area contributed by atoms with Crippen molar-refractivity contribution in [1.29, 1.82) is 0 Å². The van der Waals surface area contributed by atoms with Gasteiger partial charge in [0.25, 0.3) is 0 Å². The van der Waals surface area contributed by atoms with Gasteiger partial charge in [-0.15, -0.1) is 0 Å². The second-order valence-corrected chi connectivity index (χ2v) is 6.75. The molecule has 0 aromatic heterocycles. The van der Waals surface area contributed by atoms with Crippen LogP contribution >= 0.6 is 0 Å². The van der Waals surface area contributed by atoms with Crippen LogP contribution in [0.4, 0.5) is 0 Å². The summed E-state index contributed by atoms with van der Waals surface area (Å²) in [5.41, 5.74) is 2.23. The number of carbonyl (C=O) groups excluding carboxylic acids is 1. The number of aliphatic hydroxyl groups excluding tert-OH is 1. The Morgan fingerprint density at radius 1 is 1.46 bits per heavy atom. The Morgan fingerprint density at radius 3 is 3.00 bits per heavy atom. The fourth-order valence-corrected chi connectivity index (χ4v) is 3.07. The summed E-state index contributed by atoms with van der Waals surface area (Å²) in [4.78, 5) is 13.7. The maximum atomic E-state index is 11.5. The number of amides is 1. The fraction of sp³-hybridized carbons (Fsp3) is 0.632. The van der Waals surface area contributed by atoms with Crippen molar-refractivity contribution in [3.63, 3.8) is 0 Å². The van der Waals surface area contributed by atoms with Gasteiger partial charge in [0.05, 0.1) is 0 Å². The van der Waals surface area contributed by atoms with Crippen LogP contribution in [0.1, 0.15) is 37.3 Å². The third-order valence-electron chi connectivity index (χ3n) is 4.44. The molecule has 1 aliphatic rings. The number of nitrogens with zero attached hydrogens (tertiary/aromatic N) is 1. The molecule has 0 spiro atoms. The Labute approximate surface area is 145 Å². The molecule has 1 saturated heterocycles. The van der Waals surface area contributed by atoms with Crippen LogP contribution in [0.5, 0.6) is 5.75 Å². The van der Waals surface area contributed by atoms with Gasteiger partial charge in [0, 0.05) is 25.6 Å². The van der Waals surface area contributed by atoms with Crippen LogP contribution in [0.25, 0.3) is 0 Å². The monoisotopic (exact) mass is 334 g/mol. The van der Waals surface area contributed by atoms with Crippen LogP contribution in [0.15, 0.2) is 18.2 Å². The third kappa shape index (κ3) is 5.80. The van der Waals surface area contributed by atoms with E-state index in [1.165, 1.54) is 0 Å². The lowest BCUT2D eigenvalue weighted by Gasteiger charge is -2.34. The molecular weight excluding hydrogens is 304 g/mol. The van der Waals surface area contributed by atoms with Gasteiger partial charge in [0.2, 0.25) is 5.91 Å². The SMILES string of the molecule is CCC(=O)NC1CCCN(CC(O)COc2cc(C)ccc2C)C1. The molecule has 0 aliphatic carbocycles. The summed E-state index contributed by atoms with van der Waals surface area (Å²) in [6.07, 6.45) is 2.03. The molecule has 134 valence electrons. The summed E-state index contributed by atoms with van der Waals surface area (Å²) in [6.45, 7) is 8.51. The number of benzene rings is 1. The number of β-amino-alcohol motifs (C(OH)–C–C–N with tert-alkyl or cyclic N) is 1. The molecule has 2 unspecified atom stereocenters. The zero-order valence-corrected chi connectivity index (χ0v) is 15.0. The van der Waals surface area contributed by atoms with E-state index in [0.29, 0.717) is 13.0 Å². The summed E-state index contributed by atoms with van der Waals surface area (Å²) in [5, 5.41) is 13.3. The average molecular weight is 334 g/mol. The largest absolute Gasteiger partial charge is 0.491 e. The molecule has 0 radical (unpaired) electrons. The van der Waals surface area contributed by atoms with Crippen LogP contribution in [0, 0.1) is 13.8 Å². The van der Waals surface area contributed by atoms with Crippen LogP contribution < -0.4 is 10.1 Å². The number of aryl methyl sites for hydroxylation is 2. The number of ether oxygens (including phenoxy) is 1. The molecule has 1 aromatic carbocycles. The summed E-state index contributed by atoms with van der Waals surface area (Å²) in [7, 11) is 0. The predicted molar refractivity (Wildman–Crippen MR) is 95.3 cm³/mol. The highest BCUT2D eigenvalue weighted by molar-refractivity contribution is 5.75. The Balaban J connectivity index is 1.78. The van der Waals surface area contributed by atoms with E-state index in [2.05, 4.69) is 16.3 Å². The molecule has 0 bridgehead atoms. The predicted octanol–water partition coefficient (Wildman–Crippen LogP) is 2.03. The summed E-state index contributed by atoms with van der Waals surface area (Å²) >= 11 is 0. The lowest BCUT2D eigenvalue weighted by molar-refractivity contribution is -0.121. The summed E-state index contributed by atoms with van der Waals surface area (Å²) in [5.74, 6) is 0.932. The average Bonchev–Trinajstić information content (AvgIpc) is 2.56. The minimum atomic E-state index is -0.537. The molecule has 1 aliphatic heterocycles. The number of rotatable bonds is 7. The highest BCUT2D eigenvalue weighted by Gasteiger charge is 2.22. The van der Waals surface area contributed by atoms with E-state index in [1.54, 1.807) is 0 Å². The Morgan fingerprint density at radius 2 is 2.25 bits per heavy atom. The van der Waals surface area contributed by atoms with Crippen molar-refractivity contribution in [1.82, 2.24) is 10.2 Å². The van der Waals surface area contributed by atoms with Crippen molar-refractivity contribution in [2.45, 2.75) is 52.2 Å². The van der Waals surface area contributed by atoms with Crippen LogP contribution in [-0.2, 0) is 4.79 Å². The van der Waals surface area contributed by atoms with Gasteiger partial charge in [-0.1, -0.05) is 19.1 Å². The first-order valence-electron chi connectivity index (χ1n) is 8.87. The van der Waals surface area contributed by atoms with Gasteiger partial charge in [-0.3, -0.25) is 9.69 Å². The molecule has 0 saturated carbocycles. The van der Waals surface area contributed by atoms with E-state index < -0.39 is 6.10 Å². The molecule has 1 fully saturated rings. The van der Waals surface area contributed by atoms with Crippen LogP contribution in [-0.4, -0.2) is 54.3 Å². The first kappa shape index (κ1) is 18.7. The van der Waals surface area contributed by atoms with E-state index in [-0.39, 0.29) is 18.6 Å². The first-order chi connectivity index (χ1) is 11.5. The molecule has 5 nitrogen and oxygen atoms in total. The van der Waals surface area contributed by atoms with Gasteiger partial charge in [0.15, 0.2) is 0 Å². The molecule has 1 aromatic rings. The molecular formula is C19H30N2O3. The number of carbonyl (C=O) groups is 1. The van der Waals surface area contributed by atoms with Gasteiger partial charge >= 0.3 is 0 Å². The Bertz CT molecular complexity index is 547. The number of hydrogen-bond acceptors (Lipinski definition) is 4. The van der Waals surface area contributed by atoms with Crippen LogP contribution in [0.2, 0.25) is 0 Å². The lowest BCUT2D eigenvalue weighted by atomic mass is 10.1. The Kier molecular flexibility index (Phi) is 7.06. The topological polar surface area (TPSA) is 61.8 Å². The normalized spacial score (nSPS) is 19.8. The van der Waals surface area contributed by atoms with Crippen LogP contribution in [0.3, 0.4) is 0 Å². The van der Waals surface area contributed by atoms with E-state index in [1.807, 2.05) is 32.9 Å². The van der Waals surface area contributed by atoms with Gasteiger partial charge < -0.3 is 15.2 Å². The van der Waals surface area contributed by atoms with Gasteiger partial charge in [-0.25, -0.2) is 0 Å². The maximum absolute atomic E-state index is 11.5. The highest BCUT2D eigenvalue weighted by Crippen LogP contribution is 2.19. The zero-order valence-electron chi connectivity index (χ0n) is 15.0. The molecule has 2 N–H and O–H groups in total. The van der Waals surface area contributed by atoms with E-state index in [4.69, 9.17) is 4.74 Å². The number of aliphatic hydroxyl groups is 1. The molecule has 5 heteroatoms. The number of piperidine rings is 1. The number of likely N-dealkylation sites (tertiary alicyclic amines) is 1. The summed E-state index contributed by atoms with van der Waals surface area (Å²) in [6, 6.07) is 6.28. The van der Waals surface area contributed by atoms with E-state index >= 15 is 0 Å². The molecule has 1 heterocycles. The molecule has 24 heavy (non-hydrogen) atoms. The summed E-state index contributed by atoms with van der Waals surface area (Å²) < 4.78 is 5.78. The lowest BCUT2D eigenvalue weighted by Crippen LogP contribution is -2.49.